The van der Waals surface area contributed by atoms with E-state index in [4.69, 9.17) is 19.9 Å². The number of nitrogens with two attached hydrogens (primary N) is 1. The minimum Gasteiger partial charge on any atom is -0.507 e. The Morgan fingerprint density at radius 3 is 2.41 bits per heavy atom. The van der Waals surface area contributed by atoms with Crippen LogP contribution in [0, 0.1) is 0 Å². The molecule has 6 unspecified atom stereocenters. The standard InChI is InChI=1S/C26H27NO11.ClH/c1-9-20(28)12(27)6-15(37-9)38-14-8-26(35,25(33)34)7-11-17(14)24(32)19-18(22(11)30)21(29)10-4-3-5-13(36-2)16(10)23(19)31;/h3-5,9,12,14-15,20,28,30,32,35H,6-8,27H2,1-2H3,(H,33,34);1H. The maximum Gasteiger partial charge on any atom is 0.336 e. The van der Waals surface area contributed by atoms with E-state index >= 15 is 0 Å². The predicted octanol–water partition coefficient (Wildman–Crippen LogP) is 0.946. The first-order valence-electron chi connectivity index (χ1n) is 12.0. The van der Waals surface area contributed by atoms with E-state index in [-0.39, 0.29) is 46.8 Å². The van der Waals surface area contributed by atoms with Gasteiger partial charge in [-0.3, -0.25) is 9.59 Å². The number of aliphatic hydroxyl groups excluding tert-OH is 1. The van der Waals surface area contributed by atoms with Crippen LogP contribution in [-0.2, 0) is 20.7 Å². The van der Waals surface area contributed by atoms with Crippen molar-refractivity contribution in [3.63, 3.8) is 0 Å². The van der Waals surface area contributed by atoms with Crippen LogP contribution >= 0.6 is 12.4 Å². The summed E-state index contributed by atoms with van der Waals surface area (Å²) < 4.78 is 16.9. The Hall–Kier alpha value is -3.26. The van der Waals surface area contributed by atoms with Crippen molar-refractivity contribution in [3.05, 3.63) is 51.6 Å². The summed E-state index contributed by atoms with van der Waals surface area (Å²) >= 11 is 0. The summed E-state index contributed by atoms with van der Waals surface area (Å²) in [7, 11) is 1.32. The van der Waals surface area contributed by atoms with Crippen LogP contribution in [0.5, 0.6) is 17.2 Å². The van der Waals surface area contributed by atoms with Crippen LogP contribution in [0.2, 0.25) is 0 Å². The highest BCUT2D eigenvalue weighted by Gasteiger charge is 2.50. The molecule has 5 rings (SSSR count). The molecule has 0 bridgehead atoms. The van der Waals surface area contributed by atoms with Crippen molar-refractivity contribution >= 4 is 29.9 Å². The number of halogens is 1. The average molecular weight is 566 g/mol. The van der Waals surface area contributed by atoms with E-state index in [1.54, 1.807) is 6.92 Å². The fourth-order valence-electron chi connectivity index (χ4n) is 5.55. The number of carboxylic acids is 1. The average Bonchev–Trinajstić information content (AvgIpc) is 2.87. The molecular weight excluding hydrogens is 538 g/mol. The van der Waals surface area contributed by atoms with Crippen molar-refractivity contribution in [2.75, 3.05) is 7.11 Å². The Kier molecular flexibility index (Phi) is 7.40. The smallest absolute Gasteiger partial charge is 0.336 e. The number of carboxylic acid groups (broad SMARTS) is 1. The highest BCUT2D eigenvalue weighted by atomic mass is 35.5. The fraction of sp³-hybridized carbons (Fsp3) is 0.423. The van der Waals surface area contributed by atoms with Gasteiger partial charge in [-0.25, -0.2) is 4.79 Å². The largest absolute Gasteiger partial charge is 0.507 e. The monoisotopic (exact) mass is 565 g/mol. The number of hydrogen-bond acceptors (Lipinski definition) is 11. The molecule has 0 amide bonds. The zero-order chi connectivity index (χ0) is 27.7. The van der Waals surface area contributed by atoms with Gasteiger partial charge in [0.05, 0.1) is 42.1 Å². The van der Waals surface area contributed by atoms with Gasteiger partial charge in [-0.15, -0.1) is 12.4 Å². The van der Waals surface area contributed by atoms with Gasteiger partial charge >= 0.3 is 5.97 Å². The lowest BCUT2D eigenvalue weighted by Gasteiger charge is -2.41. The van der Waals surface area contributed by atoms with Gasteiger partial charge in [0.2, 0.25) is 5.78 Å². The summed E-state index contributed by atoms with van der Waals surface area (Å²) in [5.41, 5.74) is 1.98. The molecule has 2 aromatic rings. The molecule has 210 valence electrons. The van der Waals surface area contributed by atoms with E-state index in [1.807, 2.05) is 0 Å². The molecule has 2 aromatic carbocycles. The Labute approximate surface area is 228 Å². The van der Waals surface area contributed by atoms with Crippen molar-refractivity contribution < 1.29 is 54.1 Å². The normalized spacial score (nSPS) is 29.5. The molecule has 2 aliphatic carbocycles. The van der Waals surface area contributed by atoms with Crippen LogP contribution < -0.4 is 10.5 Å². The van der Waals surface area contributed by atoms with E-state index in [1.165, 1.54) is 25.3 Å². The first-order chi connectivity index (χ1) is 17.9. The zero-order valence-electron chi connectivity index (χ0n) is 20.9. The predicted molar refractivity (Wildman–Crippen MR) is 135 cm³/mol. The maximum atomic E-state index is 13.6. The number of rotatable bonds is 4. The number of carbonyl (C=O) groups is 3. The first-order valence-corrected chi connectivity index (χ1v) is 12.0. The van der Waals surface area contributed by atoms with Gasteiger partial charge in [-0.2, -0.15) is 0 Å². The highest BCUT2D eigenvalue weighted by molar-refractivity contribution is 6.31. The fourth-order valence-corrected chi connectivity index (χ4v) is 5.55. The second-order valence-electron chi connectivity index (χ2n) is 9.88. The number of phenolic OH excluding ortho intramolecular Hbond substituents is 2. The van der Waals surface area contributed by atoms with Crippen molar-refractivity contribution in [2.45, 2.75) is 62.4 Å². The number of fused-ring (bicyclic) bond motifs is 3. The molecule has 6 atom stereocenters. The minimum atomic E-state index is -2.44. The second-order valence-corrected chi connectivity index (χ2v) is 9.88. The van der Waals surface area contributed by atoms with Crippen molar-refractivity contribution in [3.8, 4) is 17.2 Å². The Morgan fingerprint density at radius 1 is 1.13 bits per heavy atom. The first kappa shape index (κ1) is 28.7. The van der Waals surface area contributed by atoms with Gasteiger partial charge in [0.15, 0.2) is 17.7 Å². The van der Waals surface area contributed by atoms with Crippen molar-refractivity contribution in [1.82, 2.24) is 0 Å². The van der Waals surface area contributed by atoms with E-state index in [9.17, 15) is 39.9 Å². The van der Waals surface area contributed by atoms with Crippen LogP contribution in [-0.4, -0.2) is 80.3 Å². The number of phenols is 2. The van der Waals surface area contributed by atoms with Gasteiger partial charge in [0.25, 0.3) is 0 Å². The molecule has 1 heterocycles. The molecule has 0 spiro atoms. The molecule has 1 fully saturated rings. The summed E-state index contributed by atoms with van der Waals surface area (Å²) in [6.45, 7) is 1.57. The Balaban J connectivity index is 0.00000353. The number of aromatic hydroxyl groups is 2. The third kappa shape index (κ3) is 4.33. The molecule has 0 aromatic heterocycles. The Bertz CT molecular complexity index is 1370. The quantitative estimate of drug-likeness (QED) is 0.244. The zero-order valence-corrected chi connectivity index (χ0v) is 21.7. The van der Waals surface area contributed by atoms with Gasteiger partial charge in [-0.05, 0) is 13.0 Å². The molecule has 3 aliphatic rings. The summed E-state index contributed by atoms with van der Waals surface area (Å²) in [5.74, 6) is -4.52. The lowest BCUT2D eigenvalue weighted by Crippen LogP contribution is -2.52. The van der Waals surface area contributed by atoms with Crippen molar-refractivity contribution in [1.29, 1.82) is 0 Å². The molecule has 7 N–H and O–H groups in total. The SMILES string of the molecule is COc1cccc2c1C(=O)c1c(O)c3c(c(O)c1C2=O)CC(O)(C(=O)O)CC3OC1CC(N)C(O)C(C)O1.Cl. The number of ether oxygens (including phenoxy) is 3. The van der Waals surface area contributed by atoms with Gasteiger partial charge < -0.3 is 45.5 Å². The third-order valence-electron chi connectivity index (χ3n) is 7.54. The van der Waals surface area contributed by atoms with E-state index in [0.29, 0.717) is 0 Å². The molecule has 0 radical (unpaired) electrons. The maximum absolute atomic E-state index is 13.6. The van der Waals surface area contributed by atoms with E-state index < -0.39 is 89.2 Å². The molecular formula is C26H28ClNO11. The summed E-state index contributed by atoms with van der Waals surface area (Å²) in [4.78, 5) is 39.1. The van der Waals surface area contributed by atoms with Gasteiger partial charge in [0, 0.05) is 42.0 Å². The number of carbonyl (C=O) groups excluding carboxylic acids is 2. The topological polar surface area (TPSA) is 206 Å². The molecule has 1 saturated heterocycles. The Morgan fingerprint density at radius 2 is 1.79 bits per heavy atom. The van der Waals surface area contributed by atoms with Crippen LogP contribution in [0.25, 0.3) is 0 Å². The third-order valence-corrected chi connectivity index (χ3v) is 7.54. The second kappa shape index (κ2) is 10.0. The minimum absolute atomic E-state index is 0. The molecule has 0 saturated carbocycles. The van der Waals surface area contributed by atoms with Crippen LogP contribution in [0.3, 0.4) is 0 Å². The molecule has 13 heteroatoms. The van der Waals surface area contributed by atoms with Crippen molar-refractivity contribution in [2.24, 2.45) is 5.73 Å². The molecule has 39 heavy (non-hydrogen) atoms. The van der Waals surface area contributed by atoms with Gasteiger partial charge in [0.1, 0.15) is 17.2 Å². The lowest BCUT2D eigenvalue weighted by molar-refractivity contribution is -0.248. The molecule has 12 nitrogen and oxygen atoms in total. The van der Waals surface area contributed by atoms with Crippen LogP contribution in [0.1, 0.15) is 68.8 Å². The number of hydrogen-bond donors (Lipinski definition) is 6. The van der Waals surface area contributed by atoms with Crippen LogP contribution in [0.15, 0.2) is 18.2 Å². The van der Waals surface area contributed by atoms with E-state index in [0.717, 1.165) is 0 Å². The number of aliphatic hydroxyl groups is 2. The van der Waals surface area contributed by atoms with E-state index in [2.05, 4.69) is 0 Å². The highest BCUT2D eigenvalue weighted by Crippen LogP contribution is 2.52. The number of benzene rings is 2. The summed E-state index contributed by atoms with van der Waals surface area (Å²) in [6.07, 6.45) is -5.42. The van der Waals surface area contributed by atoms with Gasteiger partial charge in [-0.1, -0.05) is 12.1 Å². The number of methoxy groups -OCH3 is 1. The number of ketones is 2. The summed E-state index contributed by atoms with van der Waals surface area (Å²) in [6, 6.07) is 3.60. The molecule has 1 aliphatic heterocycles. The van der Waals surface area contributed by atoms with Crippen LogP contribution in [0.4, 0.5) is 0 Å². The number of aliphatic carboxylic acids is 1. The summed E-state index contributed by atoms with van der Waals surface area (Å²) in [5, 5.41) is 53.5. The lowest BCUT2D eigenvalue weighted by atomic mass is 9.73.